The number of nitrogens with zero attached hydrogens (tertiary/aromatic N) is 2. The van der Waals surface area contributed by atoms with Gasteiger partial charge in [-0.2, -0.15) is 0 Å². The maximum atomic E-state index is 13.9. The number of hydrogen-bond acceptors (Lipinski definition) is 6. The van der Waals surface area contributed by atoms with E-state index in [-0.39, 0.29) is 18.5 Å². The van der Waals surface area contributed by atoms with Crippen molar-refractivity contribution in [1.82, 2.24) is 10.2 Å². The van der Waals surface area contributed by atoms with Gasteiger partial charge in [-0.3, -0.25) is 13.9 Å². The van der Waals surface area contributed by atoms with E-state index in [2.05, 4.69) is 5.32 Å². The lowest BCUT2D eigenvalue weighted by Gasteiger charge is -2.33. The minimum atomic E-state index is -3.85. The molecular weight excluding hydrogens is 542 g/mol. The number of benzene rings is 3. The van der Waals surface area contributed by atoms with E-state index in [1.807, 2.05) is 63.2 Å². The predicted octanol–water partition coefficient (Wildman–Crippen LogP) is 4.98. The molecule has 0 aliphatic carbocycles. The van der Waals surface area contributed by atoms with Crippen molar-refractivity contribution in [3.8, 4) is 17.2 Å². The van der Waals surface area contributed by atoms with Crippen molar-refractivity contribution < 1.29 is 27.5 Å². The van der Waals surface area contributed by atoms with Crippen molar-refractivity contribution >= 4 is 27.5 Å². The molecule has 3 aromatic rings. The highest BCUT2D eigenvalue weighted by molar-refractivity contribution is 7.92. The van der Waals surface area contributed by atoms with Crippen LogP contribution in [0.15, 0.2) is 78.9 Å². The molecule has 10 heteroatoms. The molecule has 0 heterocycles. The monoisotopic (exact) mass is 581 g/mol. The quantitative estimate of drug-likeness (QED) is 0.288. The molecule has 0 saturated carbocycles. The number of carbonyl (C=O) groups excluding carboxylic acids is 2. The lowest BCUT2D eigenvalue weighted by atomic mass is 10.1. The Kier molecular flexibility index (Phi) is 11.2. The summed E-state index contributed by atoms with van der Waals surface area (Å²) in [4.78, 5) is 28.6. The molecule has 0 fully saturated rings. The van der Waals surface area contributed by atoms with Crippen LogP contribution in [0.1, 0.15) is 39.2 Å². The molecule has 0 unspecified atom stereocenters. The van der Waals surface area contributed by atoms with E-state index in [4.69, 9.17) is 9.47 Å². The zero-order chi connectivity index (χ0) is 30.0. The third kappa shape index (κ3) is 8.97. The van der Waals surface area contributed by atoms with Crippen LogP contribution in [0.4, 0.5) is 5.69 Å². The smallest absolute Gasteiger partial charge is 0.244 e. The highest BCUT2D eigenvalue weighted by Crippen LogP contribution is 2.26. The highest BCUT2D eigenvalue weighted by atomic mass is 32.2. The summed E-state index contributed by atoms with van der Waals surface area (Å²) in [6.07, 6.45) is 2.14. The van der Waals surface area contributed by atoms with E-state index in [1.54, 1.807) is 43.5 Å². The van der Waals surface area contributed by atoms with Crippen molar-refractivity contribution in [3.63, 3.8) is 0 Å². The first-order valence-corrected chi connectivity index (χ1v) is 15.4. The molecule has 9 nitrogen and oxygen atoms in total. The molecule has 41 heavy (non-hydrogen) atoms. The molecule has 0 spiro atoms. The van der Waals surface area contributed by atoms with Crippen LogP contribution in [-0.4, -0.2) is 57.1 Å². The van der Waals surface area contributed by atoms with Crippen LogP contribution in [0, 0.1) is 0 Å². The summed E-state index contributed by atoms with van der Waals surface area (Å²) in [5.74, 6) is 1.05. The number of nitrogens with one attached hydrogen (secondary N) is 1. The average molecular weight is 582 g/mol. The third-order valence-electron chi connectivity index (χ3n) is 6.68. The van der Waals surface area contributed by atoms with Crippen LogP contribution in [-0.2, 0) is 26.2 Å². The Morgan fingerprint density at radius 3 is 1.98 bits per heavy atom. The fourth-order valence-corrected chi connectivity index (χ4v) is 5.06. The topological polar surface area (TPSA) is 105 Å². The lowest BCUT2D eigenvalue weighted by Crippen LogP contribution is -2.53. The van der Waals surface area contributed by atoms with Crippen LogP contribution in [0.5, 0.6) is 17.2 Å². The number of amides is 2. The maximum Gasteiger partial charge on any atom is 0.244 e. The molecule has 1 N–H and O–H groups in total. The molecule has 3 aromatic carbocycles. The van der Waals surface area contributed by atoms with Crippen LogP contribution in [0.3, 0.4) is 0 Å². The molecule has 0 bridgehead atoms. The molecule has 0 aliphatic heterocycles. The Morgan fingerprint density at radius 2 is 1.44 bits per heavy atom. The van der Waals surface area contributed by atoms with E-state index < -0.39 is 28.5 Å². The van der Waals surface area contributed by atoms with Crippen LogP contribution < -0.4 is 19.1 Å². The zero-order valence-corrected chi connectivity index (χ0v) is 25.1. The summed E-state index contributed by atoms with van der Waals surface area (Å²) in [6, 6.07) is 22.0. The summed E-state index contributed by atoms with van der Waals surface area (Å²) in [5, 5.41) is 2.96. The van der Waals surface area contributed by atoms with Crippen LogP contribution in [0.25, 0.3) is 0 Å². The fraction of sp³-hybridized carbons (Fsp3) is 0.355. The molecule has 0 radical (unpaired) electrons. The first-order valence-electron chi connectivity index (χ1n) is 13.6. The first kappa shape index (κ1) is 31.5. The van der Waals surface area contributed by atoms with Gasteiger partial charge in [0.05, 0.1) is 19.1 Å². The Labute approximate surface area is 243 Å². The van der Waals surface area contributed by atoms with Gasteiger partial charge in [0, 0.05) is 12.6 Å². The van der Waals surface area contributed by atoms with Gasteiger partial charge < -0.3 is 19.7 Å². The van der Waals surface area contributed by atoms with Gasteiger partial charge in [-0.05, 0) is 73.9 Å². The van der Waals surface area contributed by atoms with Gasteiger partial charge in [-0.25, -0.2) is 8.42 Å². The minimum Gasteiger partial charge on any atom is -0.497 e. The van der Waals surface area contributed by atoms with Crippen LogP contribution >= 0.6 is 0 Å². The summed E-state index contributed by atoms with van der Waals surface area (Å²) in [6.45, 7) is 5.34. The number of ether oxygens (including phenoxy) is 2. The predicted molar refractivity (Wildman–Crippen MR) is 161 cm³/mol. The summed E-state index contributed by atoms with van der Waals surface area (Å²) in [5.41, 5.74) is 1.09. The van der Waals surface area contributed by atoms with E-state index in [1.165, 1.54) is 4.90 Å². The van der Waals surface area contributed by atoms with E-state index in [0.717, 1.165) is 22.5 Å². The summed E-state index contributed by atoms with van der Waals surface area (Å²) in [7, 11) is -2.28. The number of carbonyl (C=O) groups is 2. The molecule has 0 saturated heterocycles. The van der Waals surface area contributed by atoms with Gasteiger partial charge in [0.25, 0.3) is 0 Å². The first-order chi connectivity index (χ1) is 19.5. The largest absolute Gasteiger partial charge is 0.497 e. The normalized spacial score (nSPS) is 12.6. The van der Waals surface area contributed by atoms with Crippen molar-refractivity contribution in [2.75, 3.05) is 24.2 Å². The average Bonchev–Trinajstić information content (AvgIpc) is 2.96. The van der Waals surface area contributed by atoms with Crippen molar-refractivity contribution in [2.24, 2.45) is 0 Å². The van der Waals surface area contributed by atoms with Gasteiger partial charge in [0.1, 0.15) is 29.8 Å². The highest BCUT2D eigenvalue weighted by Gasteiger charge is 2.32. The molecule has 2 amide bonds. The van der Waals surface area contributed by atoms with Gasteiger partial charge in [0.2, 0.25) is 21.8 Å². The van der Waals surface area contributed by atoms with Crippen molar-refractivity contribution in [2.45, 2.75) is 52.2 Å². The summed E-state index contributed by atoms with van der Waals surface area (Å²) >= 11 is 0. The minimum absolute atomic E-state index is 0.0707. The molecular formula is C31H39N3O6S. The Balaban J connectivity index is 1.89. The van der Waals surface area contributed by atoms with E-state index in [0.29, 0.717) is 29.4 Å². The van der Waals surface area contributed by atoms with Gasteiger partial charge in [-0.1, -0.05) is 44.2 Å². The van der Waals surface area contributed by atoms with Crippen molar-refractivity contribution in [1.29, 1.82) is 0 Å². The fourth-order valence-electron chi connectivity index (χ4n) is 4.21. The van der Waals surface area contributed by atoms with Gasteiger partial charge >= 0.3 is 0 Å². The second kappa shape index (κ2) is 14.5. The number of sulfonamides is 1. The molecule has 2 atom stereocenters. The number of hydrogen-bond donors (Lipinski definition) is 1. The second-order valence-corrected chi connectivity index (χ2v) is 11.7. The van der Waals surface area contributed by atoms with Crippen molar-refractivity contribution in [3.05, 3.63) is 84.4 Å². The number of methoxy groups -OCH3 is 1. The second-order valence-electron chi connectivity index (χ2n) is 9.79. The Morgan fingerprint density at radius 1 is 0.854 bits per heavy atom. The molecule has 3 rings (SSSR count). The lowest BCUT2D eigenvalue weighted by molar-refractivity contribution is -0.140. The van der Waals surface area contributed by atoms with Crippen LogP contribution in [0.2, 0.25) is 0 Å². The van der Waals surface area contributed by atoms with Gasteiger partial charge in [0.15, 0.2) is 0 Å². The van der Waals surface area contributed by atoms with E-state index >= 15 is 0 Å². The summed E-state index contributed by atoms with van der Waals surface area (Å²) < 4.78 is 37.9. The third-order valence-corrected chi connectivity index (χ3v) is 7.82. The van der Waals surface area contributed by atoms with E-state index in [9.17, 15) is 18.0 Å². The molecule has 0 aliphatic rings. The number of anilines is 1. The number of rotatable bonds is 14. The number of para-hydroxylation sites is 1. The maximum absolute atomic E-state index is 13.9. The Bertz CT molecular complexity index is 1380. The SMILES string of the molecule is CC[C@@H](C)NC(=O)[C@H](CC)N(Cc1ccc(OC)cc1)C(=O)CN(c1ccc(Oc2ccccc2)cc1)S(C)(=O)=O. The van der Waals surface area contributed by atoms with Gasteiger partial charge in [-0.15, -0.1) is 0 Å². The molecule has 0 aromatic heterocycles. The zero-order valence-electron chi connectivity index (χ0n) is 24.2. The standard InChI is InChI=1S/C31H39N3O6S/c1-6-23(3)32-31(36)29(7-2)33(21-24-13-17-26(39-4)18-14-24)30(35)22-34(41(5,37)38)25-15-19-28(20-16-25)40-27-11-9-8-10-12-27/h8-20,23,29H,6-7,21-22H2,1-5H3,(H,32,36)/t23-,29+/m1/s1. The molecule has 220 valence electrons. The Hall–Kier alpha value is -4.05.